The summed E-state index contributed by atoms with van der Waals surface area (Å²) in [6.45, 7) is 0. The predicted octanol–water partition coefficient (Wildman–Crippen LogP) is 2.10. The molecule has 0 fully saturated rings. The molecule has 1 aromatic rings. The predicted molar refractivity (Wildman–Crippen MR) is 111 cm³/mol. The second-order valence-corrected chi connectivity index (χ2v) is 9.29. The molecule has 3 rings (SSSR count). The first-order valence-corrected chi connectivity index (χ1v) is 11.0. The molecule has 1 aliphatic heterocycles. The van der Waals surface area contributed by atoms with Crippen LogP contribution in [0.15, 0.2) is 66.0 Å². The molecule has 0 saturated heterocycles. The molecule has 4 atom stereocenters. The van der Waals surface area contributed by atoms with Crippen LogP contribution in [0, 0.1) is 11.3 Å². The summed E-state index contributed by atoms with van der Waals surface area (Å²) in [7, 11) is -3.99. The summed E-state index contributed by atoms with van der Waals surface area (Å²) in [5, 5.41) is 11.9. The number of halogens is 1. The van der Waals surface area contributed by atoms with E-state index in [2.05, 4.69) is 10.3 Å². The number of nitrogens with zero attached hydrogens (tertiary/aromatic N) is 2. The minimum absolute atomic E-state index is 0.454. The number of aliphatic imine (C=N–C) groups is 1. The minimum atomic E-state index is -3.99. The van der Waals surface area contributed by atoms with Crippen LogP contribution in [0.5, 0.6) is 0 Å². The zero-order chi connectivity index (χ0) is 21.8. The van der Waals surface area contributed by atoms with Gasteiger partial charge in [0.05, 0.1) is 18.5 Å². The first kappa shape index (κ1) is 21.5. The molecule has 3 unspecified atom stereocenters. The largest absolute Gasteiger partial charge is 0.481 e. The topological polar surface area (TPSA) is 109 Å². The van der Waals surface area contributed by atoms with E-state index in [-0.39, 0.29) is 0 Å². The number of carbonyl (C=O) groups is 1. The molecule has 1 aromatic carbocycles. The van der Waals surface area contributed by atoms with Gasteiger partial charge in [0, 0.05) is 12.7 Å². The van der Waals surface area contributed by atoms with Crippen LogP contribution in [0.1, 0.15) is 12.0 Å². The maximum absolute atomic E-state index is 15.3. The van der Waals surface area contributed by atoms with Gasteiger partial charge in [-0.15, -0.1) is 0 Å². The van der Waals surface area contributed by atoms with Crippen molar-refractivity contribution in [1.29, 1.82) is 5.26 Å². The first-order valence-electron chi connectivity index (χ1n) is 9.11. The number of allylic oxidation sites excluding steroid dienone is 3. The van der Waals surface area contributed by atoms with Gasteiger partial charge >= 0.3 is 0 Å². The molecule has 0 bridgehead atoms. The number of rotatable bonds is 6. The summed E-state index contributed by atoms with van der Waals surface area (Å²) in [5.41, 5.74) is 1.28. The van der Waals surface area contributed by atoms with Crippen molar-refractivity contribution < 1.29 is 22.3 Å². The van der Waals surface area contributed by atoms with Gasteiger partial charge in [-0.25, -0.2) is 12.8 Å². The number of hydrogen-bond donors (Lipinski definition) is 1. The van der Waals surface area contributed by atoms with E-state index in [1.807, 2.05) is 12.1 Å². The Labute approximate surface area is 174 Å². The second kappa shape index (κ2) is 8.63. The van der Waals surface area contributed by atoms with Gasteiger partial charge < -0.3 is 10.1 Å². The quantitative estimate of drug-likeness (QED) is 0.745. The van der Waals surface area contributed by atoms with Gasteiger partial charge in [-0.1, -0.05) is 42.5 Å². The lowest BCUT2D eigenvalue weighted by molar-refractivity contribution is -0.126. The third kappa shape index (κ3) is 4.33. The summed E-state index contributed by atoms with van der Waals surface area (Å²) >= 11 is 0. The van der Waals surface area contributed by atoms with Gasteiger partial charge in [0.1, 0.15) is 23.2 Å². The van der Waals surface area contributed by atoms with Gasteiger partial charge in [0.15, 0.2) is 9.84 Å². The molecule has 156 valence electrons. The van der Waals surface area contributed by atoms with E-state index in [4.69, 9.17) is 4.74 Å². The lowest BCUT2D eigenvalue weighted by Gasteiger charge is -2.35. The van der Waals surface area contributed by atoms with Crippen molar-refractivity contribution in [3.8, 4) is 6.07 Å². The Morgan fingerprint density at radius 3 is 2.70 bits per heavy atom. The van der Waals surface area contributed by atoms with E-state index in [0.717, 1.165) is 11.8 Å². The van der Waals surface area contributed by atoms with Crippen LogP contribution in [-0.2, 0) is 19.4 Å². The van der Waals surface area contributed by atoms with Crippen molar-refractivity contribution in [2.24, 2.45) is 4.99 Å². The van der Waals surface area contributed by atoms with E-state index >= 15 is 4.39 Å². The van der Waals surface area contributed by atoms with Crippen molar-refractivity contribution >= 4 is 27.5 Å². The summed E-state index contributed by atoms with van der Waals surface area (Å²) in [6, 6.07) is 9.57. The Morgan fingerprint density at radius 2 is 2.13 bits per heavy atom. The highest BCUT2D eigenvalue weighted by atomic mass is 32.2. The SMILES string of the molecule is CS(=O)(=O)C1(CC(C#N)NC(=O)[C@@H]2C=NC=CO2)C=CC(c2ccccc2)=CC1F. The van der Waals surface area contributed by atoms with Crippen LogP contribution in [0.4, 0.5) is 4.39 Å². The van der Waals surface area contributed by atoms with Crippen molar-refractivity contribution in [2.45, 2.75) is 29.5 Å². The number of ether oxygens (including phenoxy) is 1. The van der Waals surface area contributed by atoms with Crippen LogP contribution < -0.4 is 5.32 Å². The third-order valence-electron chi connectivity index (χ3n) is 4.98. The molecule has 0 aromatic heterocycles. The van der Waals surface area contributed by atoms with Crippen molar-refractivity contribution in [3.63, 3.8) is 0 Å². The number of nitrogens with one attached hydrogen (secondary N) is 1. The lowest BCUT2D eigenvalue weighted by Crippen LogP contribution is -2.52. The van der Waals surface area contributed by atoms with Crippen LogP contribution >= 0.6 is 0 Å². The summed E-state index contributed by atoms with van der Waals surface area (Å²) < 4.78 is 43.6. The molecule has 1 amide bonds. The molecule has 1 heterocycles. The monoisotopic (exact) mass is 429 g/mol. The Bertz CT molecular complexity index is 1070. The number of amides is 1. The molecule has 7 nitrogen and oxygen atoms in total. The Balaban J connectivity index is 1.84. The van der Waals surface area contributed by atoms with Crippen LogP contribution in [-0.4, -0.2) is 49.9 Å². The summed E-state index contributed by atoms with van der Waals surface area (Å²) in [4.78, 5) is 16.1. The standard InChI is InChI=1S/C21H20FN3O4S/c1-30(27,28)21(8-7-16(11-19(21)22)15-5-3-2-4-6-15)12-17(13-23)25-20(26)18-14-24-9-10-29-18/h2-11,14,17-19H,12H2,1H3,(H,25,26)/t17?,18-,19?,21?/m0/s1. The Morgan fingerprint density at radius 1 is 1.40 bits per heavy atom. The van der Waals surface area contributed by atoms with Crippen molar-refractivity contribution in [1.82, 2.24) is 5.32 Å². The highest BCUT2D eigenvalue weighted by molar-refractivity contribution is 7.92. The maximum Gasteiger partial charge on any atom is 0.267 e. The summed E-state index contributed by atoms with van der Waals surface area (Å²) in [6.07, 6.45) is 5.36. The van der Waals surface area contributed by atoms with Crippen molar-refractivity contribution in [2.75, 3.05) is 6.26 Å². The zero-order valence-corrected chi connectivity index (χ0v) is 16.9. The van der Waals surface area contributed by atoms with Crippen LogP contribution in [0.3, 0.4) is 0 Å². The number of benzene rings is 1. The molecule has 2 aliphatic rings. The van der Waals surface area contributed by atoms with Gasteiger partial charge in [0.25, 0.3) is 5.91 Å². The summed E-state index contributed by atoms with van der Waals surface area (Å²) in [5.74, 6) is -0.672. The molecule has 1 N–H and O–H groups in total. The van der Waals surface area contributed by atoms with Crippen molar-refractivity contribution in [3.05, 3.63) is 66.6 Å². The highest BCUT2D eigenvalue weighted by Gasteiger charge is 2.49. The van der Waals surface area contributed by atoms with E-state index in [1.54, 1.807) is 24.3 Å². The fourth-order valence-electron chi connectivity index (χ4n) is 3.31. The van der Waals surface area contributed by atoms with Crippen LogP contribution in [0.25, 0.3) is 5.57 Å². The van der Waals surface area contributed by atoms with E-state index in [0.29, 0.717) is 5.57 Å². The van der Waals surface area contributed by atoms with Gasteiger partial charge in [-0.3, -0.25) is 9.79 Å². The van der Waals surface area contributed by atoms with Crippen LogP contribution in [0.2, 0.25) is 0 Å². The molecule has 1 aliphatic carbocycles. The van der Waals surface area contributed by atoms with Gasteiger partial charge in [-0.05, 0) is 17.2 Å². The first-order chi connectivity index (χ1) is 14.3. The highest BCUT2D eigenvalue weighted by Crippen LogP contribution is 2.38. The number of alkyl halides is 1. The minimum Gasteiger partial charge on any atom is -0.481 e. The maximum atomic E-state index is 15.3. The Kier molecular flexibility index (Phi) is 6.17. The molecule has 0 radical (unpaired) electrons. The molecule has 30 heavy (non-hydrogen) atoms. The fourth-order valence-corrected chi connectivity index (χ4v) is 4.57. The van der Waals surface area contributed by atoms with Gasteiger partial charge in [0.2, 0.25) is 6.10 Å². The molecule has 0 spiro atoms. The number of hydrogen-bond acceptors (Lipinski definition) is 6. The smallest absolute Gasteiger partial charge is 0.267 e. The normalized spacial score (nSPS) is 26.2. The molecular weight excluding hydrogens is 409 g/mol. The average molecular weight is 429 g/mol. The number of nitriles is 1. The molecule has 0 saturated carbocycles. The fraction of sp³-hybridized carbons (Fsp3) is 0.286. The van der Waals surface area contributed by atoms with E-state index in [1.165, 1.54) is 36.9 Å². The molecule has 9 heteroatoms. The number of carbonyl (C=O) groups excluding carboxylic acids is 1. The molecular formula is C21H20FN3O4S. The average Bonchev–Trinajstić information content (AvgIpc) is 2.74. The third-order valence-corrected chi connectivity index (χ3v) is 6.89. The van der Waals surface area contributed by atoms with E-state index < -0.39 is 45.2 Å². The van der Waals surface area contributed by atoms with E-state index in [9.17, 15) is 18.5 Å². The Hall–Kier alpha value is -3.25. The van der Waals surface area contributed by atoms with Gasteiger partial charge in [-0.2, -0.15) is 5.26 Å². The lowest BCUT2D eigenvalue weighted by atomic mass is 9.86. The second-order valence-electron chi connectivity index (χ2n) is 6.98. The number of sulfone groups is 1. The zero-order valence-electron chi connectivity index (χ0n) is 16.1.